The molecule has 0 saturated carbocycles. The van der Waals surface area contributed by atoms with Gasteiger partial charge < -0.3 is 10.5 Å². The zero-order valence-corrected chi connectivity index (χ0v) is 9.45. The molecule has 3 nitrogen and oxygen atoms in total. The second kappa shape index (κ2) is 3.08. The third-order valence-electron chi connectivity index (χ3n) is 3.20. The molecule has 0 radical (unpaired) electrons. The van der Waals surface area contributed by atoms with Gasteiger partial charge >= 0.3 is 0 Å². The van der Waals surface area contributed by atoms with Crippen LogP contribution in [-0.2, 0) is 4.74 Å². The normalized spacial score (nSPS) is 49.2. The number of rotatable bonds is 0. The maximum atomic E-state index is 6.08. The van der Waals surface area contributed by atoms with Gasteiger partial charge in [-0.3, -0.25) is 0 Å². The maximum absolute atomic E-state index is 6.08. The number of halogens is 1. The zero-order chi connectivity index (χ0) is 8.77. The van der Waals surface area contributed by atoms with E-state index in [1.54, 1.807) is 0 Å². The van der Waals surface area contributed by atoms with E-state index in [-0.39, 0.29) is 11.6 Å². The van der Waals surface area contributed by atoms with Gasteiger partial charge in [-0.05, 0) is 12.3 Å². The lowest BCUT2D eigenvalue weighted by Gasteiger charge is -2.31. The highest BCUT2D eigenvalue weighted by molar-refractivity contribution is 14.1. The summed E-state index contributed by atoms with van der Waals surface area (Å²) < 4.78 is 8.07. The Balaban J connectivity index is 2.19. The van der Waals surface area contributed by atoms with E-state index in [0.717, 1.165) is 26.1 Å². The van der Waals surface area contributed by atoms with E-state index >= 15 is 0 Å². The summed E-state index contributed by atoms with van der Waals surface area (Å²) in [6.45, 7) is 5.10. The van der Waals surface area contributed by atoms with Crippen LogP contribution in [0.25, 0.3) is 0 Å². The second-order valence-electron chi connectivity index (χ2n) is 3.90. The Labute approximate surface area is 87.1 Å². The van der Waals surface area contributed by atoms with Gasteiger partial charge in [-0.15, -0.1) is 0 Å². The van der Waals surface area contributed by atoms with E-state index in [2.05, 4.69) is 32.9 Å². The van der Waals surface area contributed by atoms with Gasteiger partial charge in [0.05, 0.1) is 0 Å². The topological polar surface area (TPSA) is 38.5 Å². The Morgan fingerprint density at radius 3 is 2.83 bits per heavy atom. The Kier molecular flexibility index (Phi) is 2.35. The molecule has 2 N–H and O–H groups in total. The summed E-state index contributed by atoms with van der Waals surface area (Å²) in [7, 11) is 0. The molecule has 2 fully saturated rings. The van der Waals surface area contributed by atoms with Crippen LogP contribution in [0.15, 0.2) is 0 Å². The average molecular weight is 282 g/mol. The van der Waals surface area contributed by atoms with Crippen LogP contribution in [0, 0.1) is 5.92 Å². The number of nitrogens with two attached hydrogens (primary N) is 1. The summed E-state index contributed by atoms with van der Waals surface area (Å²) in [6, 6.07) is 0.201. The van der Waals surface area contributed by atoms with Gasteiger partial charge in [0.25, 0.3) is 0 Å². The van der Waals surface area contributed by atoms with Gasteiger partial charge in [0.15, 0.2) is 0 Å². The summed E-state index contributed by atoms with van der Waals surface area (Å²) in [5, 5.41) is 0. The van der Waals surface area contributed by atoms with Gasteiger partial charge in [-0.25, -0.2) is 3.11 Å². The Morgan fingerprint density at radius 2 is 2.42 bits per heavy atom. The third-order valence-corrected chi connectivity index (χ3v) is 3.93. The maximum Gasteiger partial charge on any atom is 0.101 e. The molecule has 12 heavy (non-hydrogen) atoms. The van der Waals surface area contributed by atoms with Crippen LogP contribution < -0.4 is 5.73 Å². The molecule has 1 spiro atoms. The first-order valence-electron chi connectivity index (χ1n) is 4.45. The lowest BCUT2D eigenvalue weighted by atomic mass is 9.85. The molecule has 2 aliphatic heterocycles. The SMILES string of the molecule is CC1CCOC12CN(I)CC2N. The summed E-state index contributed by atoms with van der Waals surface area (Å²) in [5.41, 5.74) is 6.06. The fraction of sp³-hybridized carbons (Fsp3) is 1.00. The van der Waals surface area contributed by atoms with Crippen molar-refractivity contribution in [1.82, 2.24) is 3.11 Å². The van der Waals surface area contributed by atoms with Crippen molar-refractivity contribution in [3.05, 3.63) is 0 Å². The molecule has 0 bridgehead atoms. The van der Waals surface area contributed by atoms with Gasteiger partial charge in [0.2, 0.25) is 0 Å². The fourth-order valence-electron chi connectivity index (χ4n) is 2.30. The monoisotopic (exact) mass is 282 g/mol. The molecule has 2 rings (SSSR count). The van der Waals surface area contributed by atoms with Crippen molar-refractivity contribution in [2.45, 2.75) is 25.0 Å². The quantitative estimate of drug-likeness (QED) is 0.527. The van der Waals surface area contributed by atoms with Crippen molar-refractivity contribution in [3.63, 3.8) is 0 Å². The van der Waals surface area contributed by atoms with Gasteiger partial charge in [-0.1, -0.05) is 6.92 Å². The van der Waals surface area contributed by atoms with Crippen molar-refractivity contribution in [2.24, 2.45) is 11.7 Å². The molecule has 2 saturated heterocycles. The molecule has 0 aromatic rings. The Morgan fingerprint density at radius 1 is 1.67 bits per heavy atom. The Hall–Kier alpha value is 0.610. The van der Waals surface area contributed by atoms with E-state index in [1.807, 2.05) is 0 Å². The molecule has 3 atom stereocenters. The van der Waals surface area contributed by atoms with Crippen LogP contribution in [0.3, 0.4) is 0 Å². The number of nitrogens with zero attached hydrogens (tertiary/aromatic N) is 1. The minimum Gasteiger partial charge on any atom is -0.372 e. The van der Waals surface area contributed by atoms with E-state index in [4.69, 9.17) is 10.5 Å². The van der Waals surface area contributed by atoms with Gasteiger partial charge in [0.1, 0.15) is 5.60 Å². The second-order valence-corrected chi connectivity index (χ2v) is 5.27. The number of ether oxygens (including phenoxy) is 1. The molecule has 2 aliphatic rings. The molecule has 0 amide bonds. The summed E-state index contributed by atoms with van der Waals surface area (Å²) >= 11 is 2.33. The van der Waals surface area contributed by atoms with Crippen molar-refractivity contribution in [3.8, 4) is 0 Å². The first kappa shape index (κ1) is 9.18. The molecule has 4 heteroatoms. The Bertz CT molecular complexity index is 190. The largest absolute Gasteiger partial charge is 0.372 e. The predicted molar refractivity (Wildman–Crippen MR) is 56.0 cm³/mol. The molecule has 0 aromatic heterocycles. The third kappa shape index (κ3) is 1.20. The predicted octanol–water partition coefficient (Wildman–Crippen LogP) is 0.774. The standard InChI is InChI=1S/C8H15IN2O/c1-6-2-3-12-8(6)5-11(9)4-7(8)10/h6-7H,2-5,10H2,1H3. The first-order valence-corrected chi connectivity index (χ1v) is 5.42. The number of hydrogen-bond donors (Lipinski definition) is 1. The van der Waals surface area contributed by atoms with Crippen molar-refractivity contribution >= 4 is 22.9 Å². The fourth-order valence-corrected chi connectivity index (χ4v) is 3.26. The van der Waals surface area contributed by atoms with E-state index in [1.165, 1.54) is 0 Å². The minimum absolute atomic E-state index is 0.0266. The number of hydrogen-bond acceptors (Lipinski definition) is 3. The highest BCUT2D eigenvalue weighted by Gasteiger charge is 2.51. The highest BCUT2D eigenvalue weighted by Crippen LogP contribution is 2.39. The van der Waals surface area contributed by atoms with Crippen LogP contribution in [-0.4, -0.2) is 34.5 Å². The summed E-state index contributed by atoms with van der Waals surface area (Å²) in [4.78, 5) is 0. The molecule has 0 aliphatic carbocycles. The molecule has 2 heterocycles. The molecule has 70 valence electrons. The van der Waals surface area contributed by atoms with E-state index in [9.17, 15) is 0 Å². The van der Waals surface area contributed by atoms with E-state index in [0.29, 0.717) is 5.92 Å². The van der Waals surface area contributed by atoms with E-state index < -0.39 is 0 Å². The van der Waals surface area contributed by atoms with Crippen LogP contribution in [0.4, 0.5) is 0 Å². The zero-order valence-electron chi connectivity index (χ0n) is 7.29. The van der Waals surface area contributed by atoms with Crippen molar-refractivity contribution in [2.75, 3.05) is 19.7 Å². The van der Waals surface area contributed by atoms with Crippen LogP contribution in [0.1, 0.15) is 13.3 Å². The first-order chi connectivity index (χ1) is 5.65. The molecule has 0 aromatic carbocycles. The van der Waals surface area contributed by atoms with Crippen molar-refractivity contribution < 1.29 is 4.74 Å². The van der Waals surface area contributed by atoms with Crippen LogP contribution in [0.5, 0.6) is 0 Å². The minimum atomic E-state index is -0.0266. The van der Waals surface area contributed by atoms with Gasteiger partial charge in [0, 0.05) is 48.6 Å². The summed E-state index contributed by atoms with van der Waals surface area (Å²) in [5.74, 6) is 0.618. The lowest BCUT2D eigenvalue weighted by Crippen LogP contribution is -2.50. The molecular formula is C8H15IN2O. The van der Waals surface area contributed by atoms with Crippen LogP contribution >= 0.6 is 22.9 Å². The van der Waals surface area contributed by atoms with Crippen LogP contribution in [0.2, 0.25) is 0 Å². The summed E-state index contributed by atoms with van der Waals surface area (Å²) in [6.07, 6.45) is 1.16. The lowest BCUT2D eigenvalue weighted by molar-refractivity contribution is -0.0144. The average Bonchev–Trinajstić information content (AvgIpc) is 2.44. The smallest absolute Gasteiger partial charge is 0.101 e. The molecular weight excluding hydrogens is 267 g/mol. The molecule has 3 unspecified atom stereocenters. The highest BCUT2D eigenvalue weighted by atomic mass is 127. The van der Waals surface area contributed by atoms with Gasteiger partial charge in [-0.2, -0.15) is 0 Å². The van der Waals surface area contributed by atoms with Crippen molar-refractivity contribution in [1.29, 1.82) is 0 Å².